The lowest BCUT2D eigenvalue weighted by molar-refractivity contribution is -0.192. The maximum absolute atomic E-state index is 13.8. The largest absolute Gasteiger partial charge is 0.496 e. The van der Waals surface area contributed by atoms with Crippen molar-refractivity contribution >= 4 is 14.3 Å². The van der Waals surface area contributed by atoms with Crippen LogP contribution in [0.15, 0.2) is 18.2 Å². The van der Waals surface area contributed by atoms with Gasteiger partial charge in [0.25, 0.3) is 0 Å². The molecule has 0 aliphatic carbocycles. The molecule has 1 aliphatic rings. The zero-order valence-electron chi connectivity index (χ0n) is 17.5. The summed E-state index contributed by atoms with van der Waals surface area (Å²) in [6.07, 6.45) is -3.24. The molecule has 1 aromatic carbocycles. The Morgan fingerprint density at radius 3 is 2.17 bits per heavy atom. The third-order valence-corrected chi connectivity index (χ3v) is 9.66. The van der Waals surface area contributed by atoms with E-state index in [1.807, 2.05) is 0 Å². The van der Waals surface area contributed by atoms with E-state index < -0.39 is 26.2 Å². The van der Waals surface area contributed by atoms with Crippen LogP contribution in [0.1, 0.15) is 39.2 Å². The number of alkyl halides is 3. The molecule has 5 nitrogen and oxygen atoms in total. The summed E-state index contributed by atoms with van der Waals surface area (Å²) in [7, 11) is -0.402. The Morgan fingerprint density at radius 1 is 1.24 bits per heavy atom. The third kappa shape index (κ3) is 6.41. The van der Waals surface area contributed by atoms with Gasteiger partial charge in [0.2, 0.25) is 0 Å². The van der Waals surface area contributed by atoms with E-state index in [0.29, 0.717) is 5.75 Å². The van der Waals surface area contributed by atoms with Gasteiger partial charge in [-0.25, -0.2) is 9.18 Å². The van der Waals surface area contributed by atoms with Gasteiger partial charge in [-0.15, -0.1) is 0 Å². The second kappa shape index (κ2) is 9.01. The number of hydrogen-bond acceptors (Lipinski definition) is 4. The minimum atomic E-state index is -5.08. The lowest BCUT2D eigenvalue weighted by atomic mass is 10.00. The third-order valence-electron chi connectivity index (χ3n) is 5.19. The Balaban J connectivity index is 0.000000516. The lowest BCUT2D eigenvalue weighted by Crippen LogP contribution is -2.52. The van der Waals surface area contributed by atoms with Crippen LogP contribution in [-0.4, -0.2) is 39.2 Å². The quantitative estimate of drug-likeness (QED) is 0.509. The van der Waals surface area contributed by atoms with Crippen LogP contribution in [0.3, 0.4) is 0 Å². The first-order valence-electron chi connectivity index (χ1n) is 9.15. The number of ether oxygens (including phenoxy) is 1. The molecule has 2 rings (SSSR count). The van der Waals surface area contributed by atoms with Crippen LogP contribution >= 0.6 is 0 Å². The van der Waals surface area contributed by atoms with Gasteiger partial charge in [0.15, 0.2) is 8.32 Å². The van der Waals surface area contributed by atoms with Crippen LogP contribution in [0, 0.1) is 5.82 Å². The van der Waals surface area contributed by atoms with E-state index in [9.17, 15) is 17.6 Å². The number of methoxy groups -OCH3 is 1. The predicted octanol–water partition coefficient (Wildman–Crippen LogP) is 5.03. The van der Waals surface area contributed by atoms with Gasteiger partial charge in [0, 0.05) is 5.56 Å². The van der Waals surface area contributed by atoms with E-state index in [1.165, 1.54) is 6.07 Å². The summed E-state index contributed by atoms with van der Waals surface area (Å²) in [5.74, 6) is -2.34. The van der Waals surface area contributed by atoms with E-state index >= 15 is 0 Å². The lowest BCUT2D eigenvalue weighted by Gasteiger charge is -2.44. The summed E-state index contributed by atoms with van der Waals surface area (Å²) < 4.78 is 57.8. The monoisotopic (exact) mass is 439 g/mol. The van der Waals surface area contributed by atoms with Crippen molar-refractivity contribution in [2.75, 3.05) is 13.7 Å². The average molecular weight is 440 g/mol. The highest BCUT2D eigenvalue weighted by atomic mass is 28.4. The van der Waals surface area contributed by atoms with Gasteiger partial charge in [0.05, 0.1) is 7.11 Å². The van der Waals surface area contributed by atoms with Crippen LogP contribution in [0.2, 0.25) is 18.1 Å². The maximum atomic E-state index is 13.8. The Labute approximate surface area is 169 Å². The van der Waals surface area contributed by atoms with Crippen molar-refractivity contribution in [2.45, 2.75) is 63.6 Å². The van der Waals surface area contributed by atoms with Gasteiger partial charge in [-0.3, -0.25) is 5.32 Å². The van der Waals surface area contributed by atoms with Gasteiger partial charge in [0.1, 0.15) is 17.3 Å². The van der Waals surface area contributed by atoms with Crippen molar-refractivity contribution in [3.8, 4) is 5.75 Å². The molecule has 0 aromatic heterocycles. The van der Waals surface area contributed by atoms with Crippen molar-refractivity contribution < 1.29 is 36.6 Å². The Hall–Kier alpha value is -1.65. The normalized spacial score (nSPS) is 20.1. The molecule has 0 spiro atoms. The summed E-state index contributed by atoms with van der Waals surface area (Å²) in [5, 5.41) is 10.7. The van der Waals surface area contributed by atoms with E-state index in [0.717, 1.165) is 24.9 Å². The molecule has 1 aliphatic heterocycles. The van der Waals surface area contributed by atoms with Gasteiger partial charge in [-0.2, -0.15) is 13.2 Å². The topological polar surface area (TPSA) is 67.8 Å². The number of rotatable bonds is 4. The minimum Gasteiger partial charge on any atom is -0.496 e. The molecule has 1 aromatic rings. The van der Waals surface area contributed by atoms with Gasteiger partial charge < -0.3 is 14.3 Å². The fourth-order valence-corrected chi connectivity index (χ4v) is 4.13. The summed E-state index contributed by atoms with van der Waals surface area (Å²) in [5.41, 5.74) is 0.133. The van der Waals surface area contributed by atoms with Crippen LogP contribution in [0.4, 0.5) is 17.6 Å². The van der Waals surface area contributed by atoms with Crippen molar-refractivity contribution in [1.82, 2.24) is 5.32 Å². The van der Waals surface area contributed by atoms with Gasteiger partial charge in [-0.1, -0.05) is 20.8 Å². The molecule has 1 atom stereocenters. The number of carboxylic acids is 1. The molecule has 0 amide bonds. The number of aliphatic carboxylic acids is 1. The molecule has 2 N–H and O–H groups in total. The number of benzene rings is 1. The predicted molar refractivity (Wildman–Crippen MR) is 104 cm³/mol. The minimum absolute atomic E-state index is 0.0881. The van der Waals surface area contributed by atoms with Crippen molar-refractivity contribution in [3.63, 3.8) is 0 Å². The smallest absolute Gasteiger partial charge is 0.490 e. The first-order chi connectivity index (χ1) is 13.1. The molecule has 0 saturated carbocycles. The van der Waals surface area contributed by atoms with Crippen LogP contribution in [0.25, 0.3) is 0 Å². The van der Waals surface area contributed by atoms with Crippen molar-refractivity contribution in [3.05, 3.63) is 29.6 Å². The fourth-order valence-electron chi connectivity index (χ4n) is 2.67. The van der Waals surface area contributed by atoms with Gasteiger partial charge >= 0.3 is 12.1 Å². The molecule has 0 unspecified atom stereocenters. The Morgan fingerprint density at radius 2 is 1.79 bits per heavy atom. The molecule has 1 heterocycles. The Bertz CT molecular complexity index is 711. The second-order valence-electron chi connectivity index (χ2n) is 8.37. The number of carbonyl (C=O) groups is 1. The molecule has 1 saturated heterocycles. The second-order valence-corrected chi connectivity index (χ2v) is 13.1. The average Bonchev–Trinajstić information content (AvgIpc) is 3.02. The van der Waals surface area contributed by atoms with E-state index in [1.54, 1.807) is 19.2 Å². The molecule has 1 fully saturated rings. The Kier molecular flexibility index (Phi) is 7.89. The molecular formula is C19H29F4NO4Si. The molecule has 10 heteroatoms. The molecule has 0 bridgehead atoms. The summed E-state index contributed by atoms with van der Waals surface area (Å²) in [6, 6.07) is 4.66. The van der Waals surface area contributed by atoms with E-state index in [4.69, 9.17) is 19.1 Å². The van der Waals surface area contributed by atoms with Crippen molar-refractivity contribution in [1.29, 1.82) is 0 Å². The standard InChI is InChI=1S/C17H28FNO2Si.C2HF3O2/c1-16(2,3)22(5,6)21-17(10-7-11-19-17)14-12-13(18)8-9-15(14)20-4;3-2(4,5)1(6)7/h8-9,12,19H,7,10-11H2,1-6H3;(H,6,7)/t17-;/m1./s1. The van der Waals surface area contributed by atoms with Crippen molar-refractivity contribution in [2.24, 2.45) is 0 Å². The first-order valence-corrected chi connectivity index (χ1v) is 12.1. The van der Waals surface area contributed by atoms with E-state index in [-0.39, 0.29) is 10.9 Å². The number of halogens is 4. The molecule has 166 valence electrons. The summed E-state index contributed by atoms with van der Waals surface area (Å²) in [6.45, 7) is 12.0. The highest BCUT2D eigenvalue weighted by molar-refractivity contribution is 6.74. The SMILES string of the molecule is COc1ccc(F)cc1[C@]1(O[Si](C)(C)C(C)(C)C)CCCN1.O=C(O)C(F)(F)F. The zero-order chi connectivity index (χ0) is 22.7. The van der Waals surface area contributed by atoms with Crippen LogP contribution in [0.5, 0.6) is 5.75 Å². The van der Waals surface area contributed by atoms with Crippen LogP contribution < -0.4 is 10.1 Å². The summed E-state index contributed by atoms with van der Waals surface area (Å²) in [4.78, 5) is 8.90. The number of carboxylic acid groups (broad SMARTS) is 1. The van der Waals surface area contributed by atoms with E-state index in [2.05, 4.69) is 39.2 Å². The molecule has 0 radical (unpaired) electrons. The summed E-state index contributed by atoms with van der Waals surface area (Å²) >= 11 is 0. The van der Waals surface area contributed by atoms with Crippen LogP contribution in [-0.2, 0) is 14.9 Å². The highest BCUT2D eigenvalue weighted by Gasteiger charge is 2.48. The molecular weight excluding hydrogens is 410 g/mol. The maximum Gasteiger partial charge on any atom is 0.490 e. The number of hydrogen-bond donors (Lipinski definition) is 2. The van der Waals surface area contributed by atoms with Gasteiger partial charge in [-0.05, 0) is 55.7 Å². The molecule has 29 heavy (non-hydrogen) atoms. The number of nitrogens with one attached hydrogen (secondary N) is 1. The first kappa shape index (κ1) is 25.4. The zero-order valence-corrected chi connectivity index (χ0v) is 18.5. The highest BCUT2D eigenvalue weighted by Crippen LogP contribution is 2.45. The fraction of sp³-hybridized carbons (Fsp3) is 0.632.